The van der Waals surface area contributed by atoms with E-state index in [0.717, 1.165) is 29.2 Å². The van der Waals surface area contributed by atoms with Crippen LogP contribution in [0.3, 0.4) is 0 Å². The number of aromatic nitrogens is 2. The van der Waals surface area contributed by atoms with E-state index in [0.29, 0.717) is 22.3 Å². The van der Waals surface area contributed by atoms with Crippen molar-refractivity contribution < 1.29 is 4.39 Å². The van der Waals surface area contributed by atoms with E-state index in [1.807, 2.05) is 0 Å². The third kappa shape index (κ3) is 2.72. The van der Waals surface area contributed by atoms with E-state index in [2.05, 4.69) is 39.3 Å². The molecule has 0 spiro atoms. The Balaban J connectivity index is 2.14. The molecule has 2 nitrogen and oxygen atoms in total. The number of benzene rings is 1. The molecular formula is C16H19BrClFN2. The van der Waals surface area contributed by atoms with E-state index in [1.54, 1.807) is 12.1 Å². The molecule has 114 valence electrons. The zero-order chi connectivity index (χ0) is 15.1. The smallest absolute Gasteiger partial charge is 0.139 e. The van der Waals surface area contributed by atoms with Crippen molar-refractivity contribution in [3.63, 3.8) is 0 Å². The molecule has 0 bridgehead atoms. The second-order valence-corrected chi connectivity index (χ2v) is 7.37. The molecule has 1 fully saturated rings. The van der Waals surface area contributed by atoms with Gasteiger partial charge in [0.15, 0.2) is 0 Å². The summed E-state index contributed by atoms with van der Waals surface area (Å²) in [5.74, 6) is 2.26. The van der Waals surface area contributed by atoms with Crippen LogP contribution in [-0.4, -0.2) is 9.55 Å². The molecule has 1 saturated carbocycles. The predicted molar refractivity (Wildman–Crippen MR) is 88.2 cm³/mol. The molecule has 21 heavy (non-hydrogen) atoms. The second kappa shape index (κ2) is 5.88. The average molecular weight is 374 g/mol. The van der Waals surface area contributed by atoms with Crippen LogP contribution in [0, 0.1) is 17.7 Å². The number of fused-ring (bicyclic) bond motifs is 1. The van der Waals surface area contributed by atoms with Crippen LogP contribution in [0.1, 0.15) is 45.0 Å². The molecule has 1 aromatic heterocycles. The molecule has 3 atom stereocenters. The minimum absolute atomic E-state index is 0.249. The molecule has 3 rings (SSSR count). The van der Waals surface area contributed by atoms with Crippen LogP contribution in [0.2, 0.25) is 0 Å². The van der Waals surface area contributed by atoms with Crippen LogP contribution in [0.5, 0.6) is 0 Å². The number of halogens is 3. The molecule has 1 aliphatic carbocycles. The lowest BCUT2D eigenvalue weighted by molar-refractivity contribution is 0.208. The van der Waals surface area contributed by atoms with Gasteiger partial charge in [-0.2, -0.15) is 0 Å². The van der Waals surface area contributed by atoms with Crippen molar-refractivity contribution in [1.82, 2.24) is 9.55 Å². The van der Waals surface area contributed by atoms with E-state index in [4.69, 9.17) is 11.6 Å². The maximum absolute atomic E-state index is 13.9. The SMILES string of the molecule is CC1CCC(n2c(CCl)nc3cc(Br)c(F)cc32)C(C)C1. The highest BCUT2D eigenvalue weighted by molar-refractivity contribution is 9.10. The first-order chi connectivity index (χ1) is 10.0. The van der Waals surface area contributed by atoms with Gasteiger partial charge in [0.25, 0.3) is 0 Å². The van der Waals surface area contributed by atoms with Gasteiger partial charge >= 0.3 is 0 Å². The fourth-order valence-electron chi connectivity index (χ4n) is 3.64. The summed E-state index contributed by atoms with van der Waals surface area (Å²) < 4.78 is 16.6. The van der Waals surface area contributed by atoms with Crippen molar-refractivity contribution >= 4 is 38.6 Å². The Morgan fingerprint density at radius 1 is 1.38 bits per heavy atom. The summed E-state index contributed by atoms with van der Waals surface area (Å²) in [7, 11) is 0. The van der Waals surface area contributed by atoms with Gasteiger partial charge < -0.3 is 4.57 Å². The van der Waals surface area contributed by atoms with Gasteiger partial charge in [0.2, 0.25) is 0 Å². The number of nitrogens with zero attached hydrogens (tertiary/aromatic N) is 2. The topological polar surface area (TPSA) is 17.8 Å². The van der Waals surface area contributed by atoms with Crippen molar-refractivity contribution in [3.8, 4) is 0 Å². The third-order valence-corrected chi connectivity index (χ3v) is 5.49. The minimum atomic E-state index is -0.249. The van der Waals surface area contributed by atoms with Crippen LogP contribution in [0.15, 0.2) is 16.6 Å². The summed E-state index contributed by atoms with van der Waals surface area (Å²) in [5, 5.41) is 0. The van der Waals surface area contributed by atoms with Crippen molar-refractivity contribution in [2.45, 2.75) is 45.0 Å². The summed E-state index contributed by atoms with van der Waals surface area (Å²) in [5.41, 5.74) is 1.67. The summed E-state index contributed by atoms with van der Waals surface area (Å²) >= 11 is 9.32. The zero-order valence-electron chi connectivity index (χ0n) is 12.2. The number of rotatable bonds is 2. The van der Waals surface area contributed by atoms with Crippen LogP contribution >= 0.6 is 27.5 Å². The Morgan fingerprint density at radius 3 is 2.81 bits per heavy atom. The lowest BCUT2D eigenvalue weighted by Gasteiger charge is -2.34. The van der Waals surface area contributed by atoms with E-state index in [-0.39, 0.29) is 5.82 Å². The Labute approximate surface area is 137 Å². The van der Waals surface area contributed by atoms with Gasteiger partial charge in [-0.3, -0.25) is 0 Å². The molecular weight excluding hydrogens is 355 g/mol. The van der Waals surface area contributed by atoms with Crippen LogP contribution in [0.4, 0.5) is 4.39 Å². The van der Waals surface area contributed by atoms with Gasteiger partial charge in [-0.25, -0.2) is 9.37 Å². The molecule has 5 heteroatoms. The Morgan fingerprint density at radius 2 is 2.14 bits per heavy atom. The normalized spacial score (nSPS) is 26.4. The van der Waals surface area contributed by atoms with Crippen LogP contribution in [0.25, 0.3) is 11.0 Å². The lowest BCUT2D eigenvalue weighted by atomic mass is 9.79. The summed E-state index contributed by atoms with van der Waals surface area (Å²) in [6, 6.07) is 3.68. The molecule has 0 saturated heterocycles. The highest BCUT2D eigenvalue weighted by Crippen LogP contribution is 2.40. The number of imidazole rings is 1. The van der Waals surface area contributed by atoms with Crippen molar-refractivity contribution in [1.29, 1.82) is 0 Å². The van der Waals surface area contributed by atoms with Gasteiger partial charge in [-0.15, -0.1) is 11.6 Å². The summed E-state index contributed by atoms with van der Waals surface area (Å²) in [4.78, 5) is 4.60. The van der Waals surface area contributed by atoms with Gasteiger partial charge in [0.05, 0.1) is 21.4 Å². The lowest BCUT2D eigenvalue weighted by Crippen LogP contribution is -2.25. The molecule has 0 N–H and O–H groups in total. The van der Waals surface area contributed by atoms with E-state index < -0.39 is 0 Å². The highest BCUT2D eigenvalue weighted by Gasteiger charge is 2.29. The molecule has 3 unspecified atom stereocenters. The van der Waals surface area contributed by atoms with Crippen molar-refractivity contribution in [2.24, 2.45) is 11.8 Å². The van der Waals surface area contributed by atoms with E-state index in [1.165, 1.54) is 12.8 Å². The quantitative estimate of drug-likeness (QED) is 0.620. The fourth-order valence-corrected chi connectivity index (χ4v) is 4.16. The van der Waals surface area contributed by atoms with Crippen LogP contribution < -0.4 is 0 Å². The maximum atomic E-state index is 13.9. The number of hydrogen-bond donors (Lipinski definition) is 0. The summed E-state index contributed by atoms with van der Waals surface area (Å²) in [6.07, 6.45) is 3.51. The van der Waals surface area contributed by atoms with Crippen molar-refractivity contribution in [2.75, 3.05) is 0 Å². The zero-order valence-corrected chi connectivity index (χ0v) is 14.6. The van der Waals surface area contributed by atoms with Gasteiger partial charge in [-0.05, 0) is 53.1 Å². The monoisotopic (exact) mass is 372 g/mol. The third-order valence-electron chi connectivity index (χ3n) is 4.64. The highest BCUT2D eigenvalue weighted by atomic mass is 79.9. The fraction of sp³-hybridized carbons (Fsp3) is 0.562. The molecule has 2 aromatic rings. The first-order valence-corrected chi connectivity index (χ1v) is 8.75. The first-order valence-electron chi connectivity index (χ1n) is 7.43. The molecule has 0 aliphatic heterocycles. The van der Waals surface area contributed by atoms with E-state index in [9.17, 15) is 4.39 Å². The predicted octanol–water partition coefficient (Wildman–Crippen LogP) is 5.67. The minimum Gasteiger partial charge on any atom is -0.323 e. The summed E-state index contributed by atoms with van der Waals surface area (Å²) in [6.45, 7) is 4.58. The van der Waals surface area contributed by atoms with Crippen molar-refractivity contribution in [3.05, 3.63) is 28.2 Å². The largest absolute Gasteiger partial charge is 0.323 e. The van der Waals surface area contributed by atoms with Crippen LogP contribution in [-0.2, 0) is 5.88 Å². The Kier molecular flexibility index (Phi) is 4.28. The number of alkyl halides is 1. The Hall–Kier alpha value is -0.610. The van der Waals surface area contributed by atoms with E-state index >= 15 is 0 Å². The average Bonchev–Trinajstić information content (AvgIpc) is 2.77. The molecule has 0 amide bonds. The second-order valence-electron chi connectivity index (χ2n) is 6.25. The molecule has 1 aliphatic rings. The van der Waals surface area contributed by atoms with Gasteiger partial charge in [-0.1, -0.05) is 13.8 Å². The molecule has 1 aromatic carbocycles. The first kappa shape index (κ1) is 15.3. The molecule has 0 radical (unpaired) electrons. The Bertz CT molecular complexity index is 670. The number of hydrogen-bond acceptors (Lipinski definition) is 1. The van der Waals surface area contributed by atoms with Gasteiger partial charge in [0.1, 0.15) is 11.6 Å². The maximum Gasteiger partial charge on any atom is 0.139 e. The van der Waals surface area contributed by atoms with Gasteiger partial charge in [0, 0.05) is 12.1 Å². The standard InChI is InChI=1S/C16H19BrClFN2/c1-9-3-4-14(10(2)5-9)21-15-7-12(19)11(17)6-13(15)20-16(21)8-18/h6-7,9-10,14H,3-5,8H2,1-2H3. The molecule has 1 heterocycles.